The lowest BCUT2D eigenvalue weighted by molar-refractivity contribution is 0.0792. The highest BCUT2D eigenvalue weighted by Gasteiger charge is 2.20. The molecule has 7 nitrogen and oxygen atoms in total. The van der Waals surface area contributed by atoms with E-state index in [1.165, 1.54) is 0 Å². The van der Waals surface area contributed by atoms with Crippen molar-refractivity contribution >= 4 is 17.5 Å². The summed E-state index contributed by atoms with van der Waals surface area (Å²) in [6, 6.07) is 5.44. The molecule has 2 aromatic rings. The molecule has 1 N–H and O–H groups in total. The Bertz CT molecular complexity index is 712. The van der Waals surface area contributed by atoms with Crippen LogP contribution in [0.2, 0.25) is 0 Å². The molecule has 1 aromatic carbocycles. The van der Waals surface area contributed by atoms with Gasteiger partial charge < -0.3 is 19.7 Å². The lowest BCUT2D eigenvalue weighted by atomic mass is 10.2. The highest BCUT2D eigenvalue weighted by atomic mass is 16.5. The van der Waals surface area contributed by atoms with Crippen molar-refractivity contribution in [1.82, 2.24) is 14.9 Å². The topological polar surface area (TPSA) is 76.6 Å². The number of rotatable bonds is 5. The van der Waals surface area contributed by atoms with Gasteiger partial charge in [0.15, 0.2) is 11.5 Å². The van der Waals surface area contributed by atoms with Gasteiger partial charge in [0.25, 0.3) is 5.91 Å². The van der Waals surface area contributed by atoms with Crippen LogP contribution in [0, 0.1) is 0 Å². The number of ether oxygens (including phenoxy) is 2. The van der Waals surface area contributed by atoms with Gasteiger partial charge in [-0.1, -0.05) is 0 Å². The summed E-state index contributed by atoms with van der Waals surface area (Å²) in [6.45, 7) is 1.62. The Morgan fingerprint density at radius 3 is 2.38 bits per heavy atom. The monoisotopic (exact) mass is 328 g/mol. The van der Waals surface area contributed by atoms with E-state index in [1.54, 1.807) is 38.7 Å². The summed E-state index contributed by atoms with van der Waals surface area (Å²) >= 11 is 0. The molecule has 0 radical (unpaired) electrons. The maximum atomic E-state index is 12.3. The minimum Gasteiger partial charge on any atom is -0.493 e. The van der Waals surface area contributed by atoms with E-state index in [2.05, 4.69) is 15.3 Å². The minimum absolute atomic E-state index is 0.00910. The fourth-order valence-electron chi connectivity index (χ4n) is 2.65. The molecule has 0 aliphatic carbocycles. The summed E-state index contributed by atoms with van der Waals surface area (Å²) in [5.41, 5.74) is 1.28. The van der Waals surface area contributed by atoms with Crippen molar-refractivity contribution in [3.05, 3.63) is 36.2 Å². The lowest BCUT2D eigenvalue weighted by Crippen LogP contribution is -2.27. The van der Waals surface area contributed by atoms with E-state index < -0.39 is 0 Å². The smallest absolute Gasteiger partial charge is 0.256 e. The lowest BCUT2D eigenvalue weighted by Gasteiger charge is -2.15. The van der Waals surface area contributed by atoms with E-state index in [4.69, 9.17) is 9.47 Å². The first-order chi connectivity index (χ1) is 11.7. The summed E-state index contributed by atoms with van der Waals surface area (Å²) in [5.74, 6) is 1.67. The number of aromatic nitrogens is 2. The largest absolute Gasteiger partial charge is 0.493 e. The summed E-state index contributed by atoms with van der Waals surface area (Å²) in [5, 5.41) is 3.08. The molecule has 0 saturated carbocycles. The normalized spacial score (nSPS) is 13.7. The van der Waals surface area contributed by atoms with Crippen LogP contribution in [0.4, 0.5) is 11.6 Å². The van der Waals surface area contributed by atoms with Crippen molar-refractivity contribution in [3.8, 4) is 11.5 Å². The van der Waals surface area contributed by atoms with E-state index in [9.17, 15) is 4.79 Å². The number of nitrogens with zero attached hydrogens (tertiary/aromatic N) is 3. The molecule has 2 heterocycles. The third kappa shape index (κ3) is 3.40. The zero-order valence-corrected chi connectivity index (χ0v) is 13.8. The molecule has 1 aliphatic heterocycles. The maximum Gasteiger partial charge on any atom is 0.256 e. The van der Waals surface area contributed by atoms with Crippen molar-refractivity contribution in [2.75, 3.05) is 32.6 Å². The summed E-state index contributed by atoms with van der Waals surface area (Å²) in [6.07, 6.45) is 5.23. The summed E-state index contributed by atoms with van der Waals surface area (Å²) in [4.78, 5) is 22.5. The number of hydrogen-bond donors (Lipinski definition) is 1. The average Bonchev–Trinajstić information content (AvgIpc) is 3.16. The van der Waals surface area contributed by atoms with E-state index in [0.717, 1.165) is 31.6 Å². The Morgan fingerprint density at radius 2 is 1.75 bits per heavy atom. The quantitative estimate of drug-likeness (QED) is 0.908. The number of methoxy groups -OCH3 is 2. The molecule has 1 aliphatic rings. The second-order valence-corrected chi connectivity index (χ2v) is 5.49. The van der Waals surface area contributed by atoms with Crippen molar-refractivity contribution < 1.29 is 14.3 Å². The number of carbonyl (C=O) groups is 1. The minimum atomic E-state index is -0.00910. The number of benzene rings is 1. The molecule has 0 unspecified atom stereocenters. The van der Waals surface area contributed by atoms with E-state index in [1.807, 2.05) is 11.0 Å². The van der Waals surface area contributed by atoms with Gasteiger partial charge in [-0.15, -0.1) is 0 Å². The molecule has 0 bridgehead atoms. The maximum absolute atomic E-state index is 12.3. The van der Waals surface area contributed by atoms with Crippen molar-refractivity contribution in [1.29, 1.82) is 0 Å². The SMILES string of the molecule is COc1ccc(Nc2ncc(C(=O)N3CCCC3)cn2)cc1OC. The molecule has 126 valence electrons. The Hall–Kier alpha value is -2.83. The number of nitrogens with one attached hydrogen (secondary N) is 1. The van der Waals surface area contributed by atoms with Crippen LogP contribution < -0.4 is 14.8 Å². The number of hydrogen-bond acceptors (Lipinski definition) is 6. The molecule has 0 atom stereocenters. The molecule has 3 rings (SSSR count). The zero-order valence-electron chi connectivity index (χ0n) is 13.8. The standard InChI is InChI=1S/C17H20N4O3/c1-23-14-6-5-13(9-15(14)24-2)20-17-18-10-12(11-19-17)16(22)21-7-3-4-8-21/h5-6,9-11H,3-4,7-8H2,1-2H3,(H,18,19,20). The molecule has 1 saturated heterocycles. The van der Waals surface area contributed by atoms with Crippen LogP contribution in [0.3, 0.4) is 0 Å². The van der Waals surface area contributed by atoms with Crippen molar-refractivity contribution in [3.63, 3.8) is 0 Å². The Balaban J connectivity index is 1.71. The fourth-order valence-corrected chi connectivity index (χ4v) is 2.65. The molecule has 0 spiro atoms. The van der Waals surface area contributed by atoms with Gasteiger partial charge in [-0.05, 0) is 25.0 Å². The van der Waals surface area contributed by atoms with E-state index in [0.29, 0.717) is 23.0 Å². The van der Waals surface area contributed by atoms with Gasteiger partial charge >= 0.3 is 0 Å². The first-order valence-corrected chi connectivity index (χ1v) is 7.81. The molecule has 1 amide bonds. The van der Waals surface area contributed by atoms with Gasteiger partial charge in [0.2, 0.25) is 5.95 Å². The third-order valence-corrected chi connectivity index (χ3v) is 3.93. The van der Waals surface area contributed by atoms with E-state index >= 15 is 0 Å². The first kappa shape index (κ1) is 16.0. The van der Waals surface area contributed by atoms with Gasteiger partial charge in [0, 0.05) is 37.2 Å². The summed E-state index contributed by atoms with van der Waals surface area (Å²) in [7, 11) is 3.17. The number of anilines is 2. The molecular weight excluding hydrogens is 308 g/mol. The zero-order chi connectivity index (χ0) is 16.9. The average molecular weight is 328 g/mol. The highest BCUT2D eigenvalue weighted by Crippen LogP contribution is 2.30. The number of carbonyl (C=O) groups excluding carboxylic acids is 1. The van der Waals surface area contributed by atoms with Crippen LogP contribution in [-0.2, 0) is 0 Å². The van der Waals surface area contributed by atoms with Crippen LogP contribution in [0.25, 0.3) is 0 Å². The Labute approximate surface area is 140 Å². The predicted molar refractivity (Wildman–Crippen MR) is 90.0 cm³/mol. The van der Waals surface area contributed by atoms with Gasteiger partial charge in [-0.25, -0.2) is 9.97 Å². The summed E-state index contributed by atoms with van der Waals surface area (Å²) < 4.78 is 10.5. The second kappa shape index (κ2) is 7.16. The number of amides is 1. The fraction of sp³-hybridized carbons (Fsp3) is 0.353. The van der Waals surface area contributed by atoms with Crippen LogP contribution in [0.5, 0.6) is 11.5 Å². The Kier molecular flexibility index (Phi) is 4.79. The van der Waals surface area contributed by atoms with Gasteiger partial charge in [-0.3, -0.25) is 4.79 Å². The molecule has 1 fully saturated rings. The van der Waals surface area contributed by atoms with Crippen LogP contribution >= 0.6 is 0 Å². The molecule has 7 heteroatoms. The van der Waals surface area contributed by atoms with Crippen LogP contribution in [0.1, 0.15) is 23.2 Å². The predicted octanol–water partition coefficient (Wildman–Crippen LogP) is 2.47. The van der Waals surface area contributed by atoms with Crippen molar-refractivity contribution in [2.45, 2.75) is 12.8 Å². The molecule has 24 heavy (non-hydrogen) atoms. The Morgan fingerprint density at radius 1 is 1.08 bits per heavy atom. The second-order valence-electron chi connectivity index (χ2n) is 5.49. The molecular formula is C17H20N4O3. The van der Waals surface area contributed by atoms with Crippen LogP contribution in [0.15, 0.2) is 30.6 Å². The third-order valence-electron chi connectivity index (χ3n) is 3.93. The van der Waals surface area contributed by atoms with Gasteiger partial charge in [-0.2, -0.15) is 0 Å². The number of likely N-dealkylation sites (tertiary alicyclic amines) is 1. The highest BCUT2D eigenvalue weighted by molar-refractivity contribution is 5.93. The van der Waals surface area contributed by atoms with E-state index in [-0.39, 0.29) is 5.91 Å². The van der Waals surface area contributed by atoms with Gasteiger partial charge in [0.05, 0.1) is 19.8 Å². The van der Waals surface area contributed by atoms with Crippen LogP contribution in [-0.4, -0.2) is 48.1 Å². The van der Waals surface area contributed by atoms with Crippen molar-refractivity contribution in [2.24, 2.45) is 0 Å². The first-order valence-electron chi connectivity index (χ1n) is 7.81. The molecule has 1 aromatic heterocycles. The van der Waals surface area contributed by atoms with Gasteiger partial charge in [0.1, 0.15) is 0 Å².